The molecule has 1 heterocycles. The molecule has 6 heteroatoms. The Labute approximate surface area is 121 Å². The van der Waals surface area contributed by atoms with Crippen LogP contribution < -0.4 is 5.32 Å². The second-order valence-electron chi connectivity index (χ2n) is 5.97. The summed E-state index contributed by atoms with van der Waals surface area (Å²) < 4.78 is 15.6. The zero-order valence-electron chi connectivity index (χ0n) is 13.1. The van der Waals surface area contributed by atoms with Gasteiger partial charge in [0, 0.05) is 32.8 Å². The van der Waals surface area contributed by atoms with Gasteiger partial charge in [0.05, 0.1) is 19.8 Å². The van der Waals surface area contributed by atoms with Crippen molar-refractivity contribution in [1.82, 2.24) is 10.2 Å². The van der Waals surface area contributed by atoms with Crippen LogP contribution in [-0.4, -0.2) is 69.2 Å². The van der Waals surface area contributed by atoms with Gasteiger partial charge in [-0.1, -0.05) is 0 Å². The minimum atomic E-state index is -0.433. The third kappa shape index (κ3) is 7.07. The molecule has 118 valence electrons. The minimum Gasteiger partial charge on any atom is -0.444 e. The Balaban J connectivity index is 2.12. The molecule has 0 bridgehead atoms. The normalized spacial score (nSPS) is 19.4. The Bertz CT molecular complexity index is 291. The summed E-state index contributed by atoms with van der Waals surface area (Å²) in [6.45, 7) is 9.78. The lowest BCUT2D eigenvalue weighted by Crippen LogP contribution is -2.39. The zero-order chi connectivity index (χ0) is 15.0. The molecule has 0 aromatic carbocycles. The van der Waals surface area contributed by atoms with E-state index in [9.17, 15) is 4.79 Å². The van der Waals surface area contributed by atoms with E-state index in [1.54, 1.807) is 12.0 Å². The number of carbonyl (C=O) groups excluding carboxylic acids is 1. The lowest BCUT2D eigenvalue weighted by Gasteiger charge is -2.24. The van der Waals surface area contributed by atoms with Crippen LogP contribution in [-0.2, 0) is 14.2 Å². The molecule has 1 atom stereocenters. The molecule has 1 unspecified atom stereocenters. The van der Waals surface area contributed by atoms with Crippen molar-refractivity contribution < 1.29 is 19.0 Å². The maximum absolute atomic E-state index is 11.9. The summed E-state index contributed by atoms with van der Waals surface area (Å²) in [5.41, 5.74) is -0.433. The molecule has 1 rings (SSSR count). The summed E-state index contributed by atoms with van der Waals surface area (Å²) in [5, 5.41) is 3.39. The molecule has 1 aliphatic rings. The molecule has 1 saturated heterocycles. The molecule has 1 fully saturated rings. The number of likely N-dealkylation sites (tertiary alicyclic amines) is 1. The number of ether oxygens (including phenoxy) is 3. The maximum atomic E-state index is 11.9. The van der Waals surface area contributed by atoms with Crippen LogP contribution in [0.15, 0.2) is 0 Å². The zero-order valence-corrected chi connectivity index (χ0v) is 13.1. The van der Waals surface area contributed by atoms with Crippen LogP contribution >= 0.6 is 0 Å². The first-order valence-electron chi connectivity index (χ1n) is 7.20. The number of rotatable bonds is 7. The average Bonchev–Trinajstić information content (AvgIpc) is 2.80. The van der Waals surface area contributed by atoms with Crippen LogP contribution in [0.1, 0.15) is 27.2 Å². The second kappa shape index (κ2) is 8.44. The third-order valence-corrected chi connectivity index (χ3v) is 2.95. The number of amides is 1. The Hall–Kier alpha value is -0.850. The predicted molar refractivity (Wildman–Crippen MR) is 76.9 cm³/mol. The predicted octanol–water partition coefficient (Wildman–Crippen LogP) is 1.25. The molecule has 0 aromatic rings. The molecule has 1 N–H and O–H groups in total. The lowest BCUT2D eigenvalue weighted by molar-refractivity contribution is 0.0290. The standard InChI is InChI=1S/C14H28N2O4/c1-14(2,3)20-13(17)16-7-5-12(11-16)15-6-8-19-10-9-18-4/h12,15H,5-11H2,1-4H3. The number of hydrogen-bond acceptors (Lipinski definition) is 5. The fourth-order valence-electron chi connectivity index (χ4n) is 2.00. The SMILES string of the molecule is COCCOCCNC1CCN(C(=O)OC(C)(C)C)C1. The second-order valence-corrected chi connectivity index (χ2v) is 5.97. The van der Waals surface area contributed by atoms with Gasteiger partial charge in [-0.05, 0) is 27.2 Å². The van der Waals surface area contributed by atoms with Gasteiger partial charge in [0.15, 0.2) is 0 Å². The molecule has 1 aliphatic heterocycles. The molecule has 0 spiro atoms. The molecule has 20 heavy (non-hydrogen) atoms. The first-order valence-corrected chi connectivity index (χ1v) is 7.20. The first-order chi connectivity index (χ1) is 9.42. The van der Waals surface area contributed by atoms with Gasteiger partial charge in [-0.15, -0.1) is 0 Å². The molecule has 0 aromatic heterocycles. The highest BCUT2D eigenvalue weighted by molar-refractivity contribution is 5.68. The molecule has 1 amide bonds. The monoisotopic (exact) mass is 288 g/mol. The van der Waals surface area contributed by atoms with Crippen molar-refractivity contribution in [3.63, 3.8) is 0 Å². The highest BCUT2D eigenvalue weighted by atomic mass is 16.6. The van der Waals surface area contributed by atoms with E-state index in [0.717, 1.165) is 19.5 Å². The van der Waals surface area contributed by atoms with Gasteiger partial charge in [-0.3, -0.25) is 0 Å². The quantitative estimate of drug-likeness (QED) is 0.714. The van der Waals surface area contributed by atoms with E-state index >= 15 is 0 Å². The van der Waals surface area contributed by atoms with Crippen molar-refractivity contribution in [3.8, 4) is 0 Å². The van der Waals surface area contributed by atoms with E-state index in [1.807, 2.05) is 20.8 Å². The van der Waals surface area contributed by atoms with Crippen molar-refractivity contribution in [1.29, 1.82) is 0 Å². The Morgan fingerprint density at radius 1 is 1.30 bits per heavy atom. The fraction of sp³-hybridized carbons (Fsp3) is 0.929. The molecular weight excluding hydrogens is 260 g/mol. The van der Waals surface area contributed by atoms with Crippen LogP contribution in [0.25, 0.3) is 0 Å². The van der Waals surface area contributed by atoms with Crippen LogP contribution in [0.2, 0.25) is 0 Å². The Morgan fingerprint density at radius 2 is 2.05 bits per heavy atom. The first kappa shape index (κ1) is 17.2. The highest BCUT2D eigenvalue weighted by Gasteiger charge is 2.29. The van der Waals surface area contributed by atoms with Crippen LogP contribution in [0.5, 0.6) is 0 Å². The van der Waals surface area contributed by atoms with Crippen LogP contribution in [0.3, 0.4) is 0 Å². The number of nitrogens with one attached hydrogen (secondary N) is 1. The molecule has 0 saturated carbocycles. The largest absolute Gasteiger partial charge is 0.444 e. The van der Waals surface area contributed by atoms with E-state index in [0.29, 0.717) is 32.4 Å². The van der Waals surface area contributed by atoms with Gasteiger partial charge < -0.3 is 24.4 Å². The van der Waals surface area contributed by atoms with Gasteiger partial charge in [0.2, 0.25) is 0 Å². The maximum Gasteiger partial charge on any atom is 0.410 e. The summed E-state index contributed by atoms with van der Waals surface area (Å²) >= 11 is 0. The van der Waals surface area contributed by atoms with Crippen molar-refractivity contribution in [2.45, 2.75) is 38.8 Å². The van der Waals surface area contributed by atoms with Crippen molar-refractivity contribution in [3.05, 3.63) is 0 Å². The van der Waals surface area contributed by atoms with E-state index in [1.165, 1.54) is 0 Å². The summed E-state index contributed by atoms with van der Waals surface area (Å²) in [4.78, 5) is 13.7. The van der Waals surface area contributed by atoms with Gasteiger partial charge >= 0.3 is 6.09 Å². The van der Waals surface area contributed by atoms with Crippen LogP contribution in [0, 0.1) is 0 Å². The summed E-state index contributed by atoms with van der Waals surface area (Å²) in [6, 6.07) is 0.327. The summed E-state index contributed by atoms with van der Waals surface area (Å²) in [7, 11) is 1.66. The van der Waals surface area contributed by atoms with E-state index in [4.69, 9.17) is 14.2 Å². The van der Waals surface area contributed by atoms with Crippen molar-refractivity contribution >= 4 is 6.09 Å². The Morgan fingerprint density at radius 3 is 2.70 bits per heavy atom. The third-order valence-electron chi connectivity index (χ3n) is 2.95. The minimum absolute atomic E-state index is 0.224. The van der Waals surface area contributed by atoms with Gasteiger partial charge in [0.25, 0.3) is 0 Å². The number of methoxy groups -OCH3 is 1. The number of hydrogen-bond donors (Lipinski definition) is 1. The molecule has 0 aliphatic carbocycles. The van der Waals surface area contributed by atoms with Gasteiger partial charge in [-0.25, -0.2) is 4.79 Å². The molecule has 6 nitrogen and oxygen atoms in total. The van der Waals surface area contributed by atoms with E-state index < -0.39 is 5.60 Å². The highest BCUT2D eigenvalue weighted by Crippen LogP contribution is 2.15. The summed E-state index contributed by atoms with van der Waals surface area (Å²) in [5.74, 6) is 0. The summed E-state index contributed by atoms with van der Waals surface area (Å²) in [6.07, 6.45) is 0.732. The van der Waals surface area contributed by atoms with Crippen molar-refractivity contribution in [2.24, 2.45) is 0 Å². The van der Waals surface area contributed by atoms with E-state index in [-0.39, 0.29) is 6.09 Å². The Kier molecular flexibility index (Phi) is 7.26. The van der Waals surface area contributed by atoms with E-state index in [2.05, 4.69) is 5.32 Å². The van der Waals surface area contributed by atoms with Gasteiger partial charge in [-0.2, -0.15) is 0 Å². The van der Waals surface area contributed by atoms with Gasteiger partial charge in [0.1, 0.15) is 5.60 Å². The number of carbonyl (C=O) groups is 1. The van der Waals surface area contributed by atoms with Crippen LogP contribution in [0.4, 0.5) is 4.79 Å². The average molecular weight is 288 g/mol. The number of nitrogens with zero attached hydrogens (tertiary/aromatic N) is 1. The molecule has 0 radical (unpaired) electrons. The lowest BCUT2D eigenvalue weighted by atomic mass is 10.2. The smallest absolute Gasteiger partial charge is 0.410 e. The topological polar surface area (TPSA) is 60.0 Å². The fourth-order valence-corrected chi connectivity index (χ4v) is 2.00. The van der Waals surface area contributed by atoms with Crippen molar-refractivity contribution in [2.75, 3.05) is 46.6 Å². The molecular formula is C14H28N2O4.